The summed E-state index contributed by atoms with van der Waals surface area (Å²) in [4.78, 5) is 12.7. The Bertz CT molecular complexity index is 909. The van der Waals surface area contributed by atoms with E-state index in [9.17, 15) is 4.79 Å². The molecule has 0 aliphatic heterocycles. The molecule has 5 nitrogen and oxygen atoms in total. The second-order valence-corrected chi connectivity index (χ2v) is 5.75. The molecule has 0 aromatic heterocycles. The lowest BCUT2D eigenvalue weighted by molar-refractivity contribution is 0.0948. The number of hydrogen-bond donors (Lipinski definition) is 1. The van der Waals surface area contributed by atoms with Crippen molar-refractivity contribution in [2.45, 2.75) is 6.54 Å². The van der Waals surface area contributed by atoms with Crippen LogP contribution in [0.15, 0.2) is 72.8 Å². The highest BCUT2D eigenvalue weighted by Crippen LogP contribution is 2.31. The van der Waals surface area contributed by atoms with E-state index in [0.29, 0.717) is 35.1 Å². The number of ether oxygens (including phenoxy) is 3. The zero-order chi connectivity index (χ0) is 19.1. The van der Waals surface area contributed by atoms with Gasteiger partial charge in [-0.15, -0.1) is 0 Å². The maximum absolute atomic E-state index is 12.7. The number of nitrogens with one attached hydrogen (secondary N) is 1. The van der Waals surface area contributed by atoms with Crippen LogP contribution in [0.25, 0.3) is 0 Å². The molecule has 138 valence electrons. The number of rotatable bonds is 7. The first kappa shape index (κ1) is 18.3. The molecule has 0 aliphatic rings. The molecule has 5 heteroatoms. The summed E-state index contributed by atoms with van der Waals surface area (Å²) in [7, 11) is 3.16. The molecule has 0 heterocycles. The molecule has 0 fully saturated rings. The summed E-state index contributed by atoms with van der Waals surface area (Å²) < 4.78 is 16.6. The van der Waals surface area contributed by atoms with Gasteiger partial charge < -0.3 is 19.5 Å². The molecule has 3 aromatic rings. The minimum absolute atomic E-state index is 0.230. The molecule has 0 atom stereocenters. The maximum atomic E-state index is 12.7. The van der Waals surface area contributed by atoms with Crippen LogP contribution in [0.2, 0.25) is 0 Å². The minimum Gasteiger partial charge on any atom is -0.493 e. The van der Waals surface area contributed by atoms with Crippen LogP contribution in [0.3, 0.4) is 0 Å². The van der Waals surface area contributed by atoms with Gasteiger partial charge in [0.05, 0.1) is 19.8 Å². The SMILES string of the molecule is COc1cccc(CNC(=O)c2ccccc2Oc2ccccc2)c1OC. The first-order valence-corrected chi connectivity index (χ1v) is 8.53. The highest BCUT2D eigenvalue weighted by Gasteiger charge is 2.15. The normalized spacial score (nSPS) is 10.1. The molecule has 0 saturated heterocycles. The Morgan fingerprint density at radius 2 is 1.52 bits per heavy atom. The molecule has 0 radical (unpaired) electrons. The van der Waals surface area contributed by atoms with Gasteiger partial charge in [0, 0.05) is 12.1 Å². The van der Waals surface area contributed by atoms with E-state index in [1.165, 1.54) is 0 Å². The summed E-state index contributed by atoms with van der Waals surface area (Å²) in [5.74, 6) is 2.17. The van der Waals surface area contributed by atoms with Gasteiger partial charge in [-0.05, 0) is 30.3 Å². The van der Waals surface area contributed by atoms with Crippen LogP contribution in [0.5, 0.6) is 23.0 Å². The topological polar surface area (TPSA) is 56.8 Å². The first-order chi connectivity index (χ1) is 13.2. The highest BCUT2D eigenvalue weighted by atomic mass is 16.5. The molecular formula is C22H21NO4. The third-order valence-electron chi connectivity index (χ3n) is 4.03. The van der Waals surface area contributed by atoms with Crippen molar-refractivity contribution < 1.29 is 19.0 Å². The molecule has 27 heavy (non-hydrogen) atoms. The lowest BCUT2D eigenvalue weighted by Crippen LogP contribution is -2.23. The summed E-state index contributed by atoms with van der Waals surface area (Å²) in [6, 6.07) is 22.1. The van der Waals surface area contributed by atoms with Gasteiger partial charge in [0.2, 0.25) is 0 Å². The molecular weight excluding hydrogens is 342 g/mol. The number of hydrogen-bond acceptors (Lipinski definition) is 4. The molecule has 0 saturated carbocycles. The van der Waals surface area contributed by atoms with Crippen molar-refractivity contribution in [3.8, 4) is 23.0 Å². The van der Waals surface area contributed by atoms with Gasteiger partial charge in [0.25, 0.3) is 5.91 Å². The Hall–Kier alpha value is -3.47. The van der Waals surface area contributed by atoms with Crippen molar-refractivity contribution in [2.24, 2.45) is 0 Å². The first-order valence-electron chi connectivity index (χ1n) is 8.53. The molecule has 0 spiro atoms. The Morgan fingerprint density at radius 1 is 0.815 bits per heavy atom. The van der Waals surface area contributed by atoms with E-state index in [1.807, 2.05) is 54.6 Å². The van der Waals surface area contributed by atoms with Gasteiger partial charge >= 0.3 is 0 Å². The fourth-order valence-electron chi connectivity index (χ4n) is 2.72. The molecule has 0 aliphatic carbocycles. The summed E-state index contributed by atoms with van der Waals surface area (Å²) in [6.45, 7) is 0.304. The van der Waals surface area contributed by atoms with Crippen LogP contribution in [0.1, 0.15) is 15.9 Å². The van der Waals surface area contributed by atoms with Crippen LogP contribution in [0.4, 0.5) is 0 Å². The van der Waals surface area contributed by atoms with Crippen molar-refractivity contribution >= 4 is 5.91 Å². The highest BCUT2D eigenvalue weighted by molar-refractivity contribution is 5.97. The minimum atomic E-state index is -0.230. The Balaban J connectivity index is 1.76. The van der Waals surface area contributed by atoms with Crippen molar-refractivity contribution in [3.05, 3.63) is 83.9 Å². The standard InChI is InChI=1S/C22H21NO4/c1-25-20-14-8-9-16(21(20)26-2)15-23-22(24)18-12-6-7-13-19(18)27-17-10-4-3-5-11-17/h3-14H,15H2,1-2H3,(H,23,24). The van der Waals surface area contributed by atoms with E-state index >= 15 is 0 Å². The second-order valence-electron chi connectivity index (χ2n) is 5.75. The van der Waals surface area contributed by atoms with Gasteiger partial charge in [-0.3, -0.25) is 4.79 Å². The van der Waals surface area contributed by atoms with Crippen molar-refractivity contribution in [1.29, 1.82) is 0 Å². The van der Waals surface area contributed by atoms with Gasteiger partial charge in [0.1, 0.15) is 11.5 Å². The zero-order valence-electron chi connectivity index (χ0n) is 15.3. The summed E-state index contributed by atoms with van der Waals surface area (Å²) in [5.41, 5.74) is 1.29. The predicted molar refractivity (Wildman–Crippen MR) is 104 cm³/mol. The quantitative estimate of drug-likeness (QED) is 0.675. The lowest BCUT2D eigenvalue weighted by atomic mass is 10.1. The van der Waals surface area contributed by atoms with Crippen LogP contribution in [-0.2, 0) is 6.54 Å². The number of benzene rings is 3. The van der Waals surface area contributed by atoms with Crippen LogP contribution in [0, 0.1) is 0 Å². The van der Waals surface area contributed by atoms with E-state index in [2.05, 4.69) is 5.32 Å². The van der Waals surface area contributed by atoms with Crippen LogP contribution < -0.4 is 19.5 Å². The largest absolute Gasteiger partial charge is 0.493 e. The van der Waals surface area contributed by atoms with E-state index in [1.54, 1.807) is 32.4 Å². The van der Waals surface area contributed by atoms with E-state index in [4.69, 9.17) is 14.2 Å². The van der Waals surface area contributed by atoms with Crippen molar-refractivity contribution in [3.63, 3.8) is 0 Å². The number of para-hydroxylation sites is 3. The average Bonchev–Trinajstić information content (AvgIpc) is 2.72. The summed E-state index contributed by atoms with van der Waals surface area (Å²) in [6.07, 6.45) is 0. The molecule has 3 aromatic carbocycles. The number of methoxy groups -OCH3 is 2. The molecule has 3 rings (SSSR count). The van der Waals surface area contributed by atoms with Crippen LogP contribution in [-0.4, -0.2) is 20.1 Å². The van der Waals surface area contributed by atoms with Crippen molar-refractivity contribution in [1.82, 2.24) is 5.32 Å². The van der Waals surface area contributed by atoms with Crippen molar-refractivity contribution in [2.75, 3.05) is 14.2 Å². The lowest BCUT2D eigenvalue weighted by Gasteiger charge is -2.14. The fraction of sp³-hybridized carbons (Fsp3) is 0.136. The Kier molecular flexibility index (Phi) is 5.94. The molecule has 0 bridgehead atoms. The van der Waals surface area contributed by atoms with Gasteiger partial charge in [-0.25, -0.2) is 0 Å². The van der Waals surface area contributed by atoms with Gasteiger partial charge in [-0.1, -0.05) is 42.5 Å². The third kappa shape index (κ3) is 4.39. The van der Waals surface area contributed by atoms with E-state index in [-0.39, 0.29) is 5.91 Å². The number of carbonyl (C=O) groups excluding carboxylic acids is 1. The zero-order valence-corrected chi connectivity index (χ0v) is 15.3. The predicted octanol–water partition coefficient (Wildman–Crippen LogP) is 4.43. The number of amides is 1. The summed E-state index contributed by atoms with van der Waals surface area (Å²) >= 11 is 0. The monoisotopic (exact) mass is 363 g/mol. The maximum Gasteiger partial charge on any atom is 0.255 e. The van der Waals surface area contributed by atoms with Gasteiger partial charge in [-0.2, -0.15) is 0 Å². The Morgan fingerprint density at radius 3 is 2.26 bits per heavy atom. The summed E-state index contributed by atoms with van der Waals surface area (Å²) in [5, 5.41) is 2.91. The smallest absolute Gasteiger partial charge is 0.255 e. The number of carbonyl (C=O) groups is 1. The van der Waals surface area contributed by atoms with Gasteiger partial charge in [0.15, 0.2) is 11.5 Å². The molecule has 0 unspecified atom stereocenters. The van der Waals surface area contributed by atoms with Crippen LogP contribution >= 0.6 is 0 Å². The Labute approximate surface area is 158 Å². The molecule has 1 amide bonds. The van der Waals surface area contributed by atoms with E-state index < -0.39 is 0 Å². The fourth-order valence-corrected chi connectivity index (χ4v) is 2.72. The third-order valence-corrected chi connectivity index (χ3v) is 4.03. The molecule has 1 N–H and O–H groups in total. The van der Waals surface area contributed by atoms with E-state index in [0.717, 1.165) is 5.56 Å². The second kappa shape index (κ2) is 8.76. The average molecular weight is 363 g/mol.